The van der Waals surface area contributed by atoms with Crippen LogP contribution in [-0.4, -0.2) is 5.78 Å². The van der Waals surface area contributed by atoms with Crippen LogP contribution in [0, 0.1) is 5.41 Å². The Bertz CT molecular complexity index is 249. The second-order valence-electron chi connectivity index (χ2n) is 4.50. The maximum absolute atomic E-state index is 10.7. The highest BCUT2D eigenvalue weighted by molar-refractivity contribution is 5.87. The van der Waals surface area contributed by atoms with E-state index in [4.69, 9.17) is 0 Å². The maximum atomic E-state index is 10.7. The Kier molecular flexibility index (Phi) is 4.12. The van der Waals surface area contributed by atoms with Crippen LogP contribution >= 0.6 is 0 Å². The van der Waals surface area contributed by atoms with Gasteiger partial charge in [-0.3, -0.25) is 4.79 Å². The summed E-state index contributed by atoms with van der Waals surface area (Å²) < 4.78 is 0. The van der Waals surface area contributed by atoms with Gasteiger partial charge in [0.25, 0.3) is 0 Å². The predicted molar refractivity (Wildman–Crippen MR) is 57.7 cm³/mol. The number of carbonyl (C=O) groups excluding carboxylic acids is 1. The van der Waals surface area contributed by atoms with E-state index in [1.807, 2.05) is 13.0 Å². The molecule has 0 heterocycles. The lowest BCUT2D eigenvalue weighted by atomic mass is 9.84. The minimum absolute atomic E-state index is 0.0982. The third-order valence-corrected chi connectivity index (χ3v) is 2.28. The maximum Gasteiger partial charge on any atom is 0.152 e. The highest BCUT2D eigenvalue weighted by Gasteiger charge is 2.13. The molecule has 74 valence electrons. The van der Waals surface area contributed by atoms with E-state index in [1.165, 1.54) is 11.1 Å². The van der Waals surface area contributed by atoms with E-state index in [-0.39, 0.29) is 11.2 Å². The SMILES string of the molecule is CC(=O)C=CC(C)=C(C)C(C)(C)C. The molecule has 0 spiro atoms. The van der Waals surface area contributed by atoms with Crippen molar-refractivity contribution < 1.29 is 4.79 Å². The first-order chi connectivity index (χ1) is 5.75. The standard InChI is InChI=1S/C12H20O/c1-9(7-8-10(2)13)11(3)12(4,5)6/h7-8H,1-6H3. The van der Waals surface area contributed by atoms with E-state index in [0.29, 0.717) is 0 Å². The van der Waals surface area contributed by atoms with Crippen LogP contribution in [0.25, 0.3) is 0 Å². The molecule has 0 N–H and O–H groups in total. The molecular weight excluding hydrogens is 160 g/mol. The summed E-state index contributed by atoms with van der Waals surface area (Å²) in [5.41, 5.74) is 2.69. The zero-order valence-electron chi connectivity index (χ0n) is 9.56. The lowest BCUT2D eigenvalue weighted by Gasteiger charge is -2.21. The Balaban J connectivity index is 4.74. The number of rotatable bonds is 2. The normalized spacial score (nSPS) is 14.6. The summed E-state index contributed by atoms with van der Waals surface area (Å²) in [7, 11) is 0. The molecule has 0 saturated heterocycles. The van der Waals surface area contributed by atoms with E-state index >= 15 is 0 Å². The van der Waals surface area contributed by atoms with E-state index in [2.05, 4.69) is 27.7 Å². The van der Waals surface area contributed by atoms with Crippen molar-refractivity contribution in [1.29, 1.82) is 0 Å². The van der Waals surface area contributed by atoms with Gasteiger partial charge < -0.3 is 0 Å². The molecule has 0 aliphatic heterocycles. The zero-order chi connectivity index (χ0) is 10.6. The second-order valence-corrected chi connectivity index (χ2v) is 4.50. The molecule has 13 heavy (non-hydrogen) atoms. The first-order valence-electron chi connectivity index (χ1n) is 4.61. The Labute approximate surface area is 81.5 Å². The molecule has 0 unspecified atom stereocenters. The molecule has 0 amide bonds. The molecule has 0 aliphatic carbocycles. The van der Waals surface area contributed by atoms with Crippen molar-refractivity contribution in [1.82, 2.24) is 0 Å². The third kappa shape index (κ3) is 4.66. The molecule has 0 saturated carbocycles. The Morgan fingerprint density at radius 1 is 1.00 bits per heavy atom. The fourth-order valence-corrected chi connectivity index (χ4v) is 0.959. The first kappa shape index (κ1) is 12.2. The highest BCUT2D eigenvalue weighted by Crippen LogP contribution is 2.27. The number of allylic oxidation sites excluding steroid dienone is 4. The number of ketones is 1. The lowest BCUT2D eigenvalue weighted by molar-refractivity contribution is -0.112. The van der Waals surface area contributed by atoms with Gasteiger partial charge in [0.1, 0.15) is 0 Å². The summed E-state index contributed by atoms with van der Waals surface area (Å²) in [6.45, 7) is 12.2. The number of hydrogen-bond acceptors (Lipinski definition) is 1. The van der Waals surface area contributed by atoms with Crippen molar-refractivity contribution in [2.24, 2.45) is 5.41 Å². The Hall–Kier alpha value is -0.850. The summed E-state index contributed by atoms with van der Waals surface area (Å²) in [4.78, 5) is 10.7. The molecule has 0 aromatic carbocycles. The summed E-state index contributed by atoms with van der Waals surface area (Å²) in [6, 6.07) is 0. The quantitative estimate of drug-likeness (QED) is 0.469. The summed E-state index contributed by atoms with van der Waals surface area (Å²) in [5.74, 6) is 0.0982. The first-order valence-corrected chi connectivity index (χ1v) is 4.61. The van der Waals surface area contributed by atoms with Gasteiger partial charge >= 0.3 is 0 Å². The Morgan fingerprint density at radius 3 is 1.77 bits per heavy atom. The van der Waals surface area contributed by atoms with Gasteiger partial charge in [0.05, 0.1) is 0 Å². The lowest BCUT2D eigenvalue weighted by Crippen LogP contribution is -2.08. The van der Waals surface area contributed by atoms with Crippen LogP contribution < -0.4 is 0 Å². The fourth-order valence-electron chi connectivity index (χ4n) is 0.959. The molecule has 0 aromatic heterocycles. The van der Waals surface area contributed by atoms with Gasteiger partial charge in [-0.25, -0.2) is 0 Å². The van der Waals surface area contributed by atoms with Crippen LogP contribution in [0.5, 0.6) is 0 Å². The van der Waals surface area contributed by atoms with Crippen molar-refractivity contribution in [2.75, 3.05) is 0 Å². The predicted octanol–water partition coefficient (Wildman–Crippen LogP) is 3.51. The van der Waals surface area contributed by atoms with Crippen molar-refractivity contribution in [3.8, 4) is 0 Å². The minimum atomic E-state index is 0.0982. The number of hydrogen-bond donors (Lipinski definition) is 0. The van der Waals surface area contributed by atoms with Crippen molar-refractivity contribution in [3.05, 3.63) is 23.3 Å². The van der Waals surface area contributed by atoms with Gasteiger partial charge in [0, 0.05) is 0 Å². The van der Waals surface area contributed by atoms with Crippen LogP contribution in [0.3, 0.4) is 0 Å². The topological polar surface area (TPSA) is 17.1 Å². The average Bonchev–Trinajstić information content (AvgIpc) is 1.96. The summed E-state index contributed by atoms with van der Waals surface area (Å²) in [6.07, 6.45) is 3.51. The largest absolute Gasteiger partial charge is 0.295 e. The van der Waals surface area contributed by atoms with Crippen LogP contribution in [0.2, 0.25) is 0 Å². The average molecular weight is 180 g/mol. The van der Waals surface area contributed by atoms with Crippen LogP contribution in [0.15, 0.2) is 23.3 Å². The van der Waals surface area contributed by atoms with Gasteiger partial charge in [-0.1, -0.05) is 38.0 Å². The summed E-state index contributed by atoms with van der Waals surface area (Å²) in [5, 5.41) is 0. The van der Waals surface area contributed by atoms with E-state index in [9.17, 15) is 4.79 Å². The van der Waals surface area contributed by atoms with Gasteiger partial charge in [0.15, 0.2) is 5.78 Å². The number of carbonyl (C=O) groups is 1. The zero-order valence-corrected chi connectivity index (χ0v) is 9.56. The molecule has 0 rings (SSSR count). The smallest absolute Gasteiger partial charge is 0.152 e. The second kappa shape index (κ2) is 4.40. The fraction of sp³-hybridized carbons (Fsp3) is 0.583. The van der Waals surface area contributed by atoms with Crippen LogP contribution in [-0.2, 0) is 4.79 Å². The third-order valence-electron chi connectivity index (χ3n) is 2.28. The molecule has 0 fully saturated rings. The highest BCUT2D eigenvalue weighted by atomic mass is 16.1. The van der Waals surface area contributed by atoms with Crippen molar-refractivity contribution in [2.45, 2.75) is 41.5 Å². The molecule has 0 radical (unpaired) electrons. The molecule has 0 atom stereocenters. The molecule has 0 bridgehead atoms. The van der Waals surface area contributed by atoms with E-state index in [0.717, 1.165) is 0 Å². The van der Waals surface area contributed by atoms with Gasteiger partial charge in [-0.05, 0) is 32.3 Å². The van der Waals surface area contributed by atoms with Crippen molar-refractivity contribution >= 4 is 5.78 Å². The van der Waals surface area contributed by atoms with E-state index < -0.39 is 0 Å². The molecule has 0 aliphatic rings. The van der Waals surface area contributed by atoms with Crippen LogP contribution in [0.4, 0.5) is 0 Å². The van der Waals surface area contributed by atoms with Crippen molar-refractivity contribution in [3.63, 3.8) is 0 Å². The van der Waals surface area contributed by atoms with Crippen LogP contribution in [0.1, 0.15) is 41.5 Å². The monoisotopic (exact) mass is 180 g/mol. The molecule has 0 aromatic rings. The van der Waals surface area contributed by atoms with Gasteiger partial charge in [0.2, 0.25) is 0 Å². The van der Waals surface area contributed by atoms with E-state index in [1.54, 1.807) is 13.0 Å². The molecule has 1 heteroatoms. The molecular formula is C12H20O. The van der Waals surface area contributed by atoms with Gasteiger partial charge in [-0.15, -0.1) is 0 Å². The van der Waals surface area contributed by atoms with Gasteiger partial charge in [-0.2, -0.15) is 0 Å². The molecule has 1 nitrogen and oxygen atoms in total. The summed E-state index contributed by atoms with van der Waals surface area (Å²) >= 11 is 0. The minimum Gasteiger partial charge on any atom is -0.295 e. The Morgan fingerprint density at radius 2 is 1.46 bits per heavy atom.